The number of sulfonamides is 1. The van der Waals surface area contributed by atoms with Gasteiger partial charge in [0.2, 0.25) is 10.0 Å². The van der Waals surface area contributed by atoms with E-state index in [9.17, 15) is 8.42 Å². The van der Waals surface area contributed by atoms with Crippen molar-refractivity contribution in [2.24, 2.45) is 0 Å². The Bertz CT molecular complexity index is 627. The van der Waals surface area contributed by atoms with Crippen LogP contribution in [0.15, 0.2) is 29.2 Å². The third-order valence-corrected chi connectivity index (χ3v) is 5.46. The molecule has 0 aromatic heterocycles. The Hall–Kier alpha value is -1.42. The van der Waals surface area contributed by atoms with E-state index in [4.69, 9.17) is 5.26 Å². The number of benzene rings is 1. The number of nitriles is 1. The molecule has 0 atom stereocenters. The lowest BCUT2D eigenvalue weighted by atomic mass is 10.1. The van der Waals surface area contributed by atoms with Gasteiger partial charge in [0.15, 0.2) is 0 Å². The average Bonchev–Trinajstić information content (AvgIpc) is 2.47. The second kappa shape index (κ2) is 6.56. The zero-order valence-corrected chi connectivity index (χ0v) is 13.2. The van der Waals surface area contributed by atoms with Gasteiger partial charge in [-0.05, 0) is 51.9 Å². The SMILES string of the molecule is CC(C)N1CCC(NS(=O)(=O)c2ccccc2C#N)CC1. The molecule has 0 saturated carbocycles. The van der Waals surface area contributed by atoms with Gasteiger partial charge in [-0.3, -0.25) is 0 Å². The van der Waals surface area contributed by atoms with Crippen molar-refractivity contribution in [2.75, 3.05) is 13.1 Å². The normalized spacial score (nSPS) is 17.8. The summed E-state index contributed by atoms with van der Waals surface area (Å²) in [5.41, 5.74) is 0.185. The lowest BCUT2D eigenvalue weighted by Crippen LogP contribution is -2.46. The van der Waals surface area contributed by atoms with Gasteiger partial charge < -0.3 is 4.90 Å². The standard InChI is InChI=1S/C15H21N3O2S/c1-12(2)18-9-7-14(8-10-18)17-21(19,20)15-6-4-3-5-13(15)11-16/h3-6,12,14,17H,7-10H2,1-2H3. The molecule has 0 unspecified atom stereocenters. The minimum atomic E-state index is -3.63. The molecule has 21 heavy (non-hydrogen) atoms. The Balaban J connectivity index is 2.08. The first-order chi connectivity index (χ1) is 9.94. The van der Waals surface area contributed by atoms with Crippen LogP contribution in [0.2, 0.25) is 0 Å². The lowest BCUT2D eigenvalue weighted by molar-refractivity contribution is 0.168. The largest absolute Gasteiger partial charge is 0.301 e. The van der Waals surface area contributed by atoms with Gasteiger partial charge in [-0.1, -0.05) is 12.1 Å². The number of likely N-dealkylation sites (tertiary alicyclic amines) is 1. The van der Waals surface area contributed by atoms with Crippen LogP contribution < -0.4 is 4.72 Å². The van der Waals surface area contributed by atoms with Crippen molar-refractivity contribution in [1.29, 1.82) is 5.26 Å². The van der Waals surface area contributed by atoms with E-state index < -0.39 is 10.0 Å². The van der Waals surface area contributed by atoms with E-state index >= 15 is 0 Å². The first-order valence-corrected chi connectivity index (χ1v) is 8.68. The van der Waals surface area contributed by atoms with Gasteiger partial charge in [-0.2, -0.15) is 5.26 Å². The smallest absolute Gasteiger partial charge is 0.242 e. The van der Waals surface area contributed by atoms with Gasteiger partial charge in [-0.15, -0.1) is 0 Å². The molecule has 114 valence electrons. The number of piperidine rings is 1. The maximum Gasteiger partial charge on any atom is 0.242 e. The van der Waals surface area contributed by atoms with Crippen molar-refractivity contribution in [3.8, 4) is 6.07 Å². The average molecular weight is 307 g/mol. The van der Waals surface area contributed by atoms with Crippen LogP contribution in [0.25, 0.3) is 0 Å². The van der Waals surface area contributed by atoms with Crippen LogP contribution in [0.1, 0.15) is 32.3 Å². The maximum atomic E-state index is 12.4. The summed E-state index contributed by atoms with van der Waals surface area (Å²) in [6, 6.07) is 8.66. The summed E-state index contributed by atoms with van der Waals surface area (Å²) < 4.78 is 27.6. The molecule has 0 aliphatic carbocycles. The zero-order chi connectivity index (χ0) is 15.5. The fourth-order valence-corrected chi connectivity index (χ4v) is 4.07. The molecule has 1 aliphatic rings. The molecule has 1 fully saturated rings. The quantitative estimate of drug-likeness (QED) is 0.919. The number of hydrogen-bond donors (Lipinski definition) is 1. The summed E-state index contributed by atoms with van der Waals surface area (Å²) >= 11 is 0. The predicted octanol–water partition coefficient (Wildman–Crippen LogP) is 1.71. The van der Waals surface area contributed by atoms with E-state index in [0.717, 1.165) is 25.9 Å². The predicted molar refractivity (Wildman–Crippen MR) is 81.2 cm³/mol. The number of nitrogens with one attached hydrogen (secondary N) is 1. The third-order valence-electron chi connectivity index (χ3n) is 3.88. The van der Waals surface area contributed by atoms with E-state index in [-0.39, 0.29) is 16.5 Å². The van der Waals surface area contributed by atoms with Crippen LogP contribution in [0.5, 0.6) is 0 Å². The Labute approximate surface area is 126 Å². The van der Waals surface area contributed by atoms with Crippen molar-refractivity contribution in [1.82, 2.24) is 9.62 Å². The van der Waals surface area contributed by atoms with Crippen LogP contribution in [0.4, 0.5) is 0 Å². The molecule has 0 amide bonds. The van der Waals surface area contributed by atoms with Crippen LogP contribution in [-0.4, -0.2) is 38.5 Å². The van der Waals surface area contributed by atoms with E-state index in [1.807, 2.05) is 6.07 Å². The van der Waals surface area contributed by atoms with Gasteiger partial charge in [0.05, 0.1) is 10.5 Å². The van der Waals surface area contributed by atoms with Gasteiger partial charge in [0, 0.05) is 12.1 Å². The highest BCUT2D eigenvalue weighted by molar-refractivity contribution is 7.89. The number of rotatable bonds is 4. The van der Waals surface area contributed by atoms with E-state index in [1.165, 1.54) is 12.1 Å². The molecule has 0 bridgehead atoms. The Kier molecular flexibility index (Phi) is 4.99. The van der Waals surface area contributed by atoms with E-state index in [2.05, 4.69) is 23.5 Å². The summed E-state index contributed by atoms with van der Waals surface area (Å²) in [6.45, 7) is 6.08. The Morgan fingerprint density at radius 3 is 2.48 bits per heavy atom. The number of nitrogens with zero attached hydrogens (tertiary/aromatic N) is 2. The van der Waals surface area contributed by atoms with Crippen molar-refractivity contribution in [3.05, 3.63) is 29.8 Å². The lowest BCUT2D eigenvalue weighted by Gasteiger charge is -2.34. The first kappa shape index (κ1) is 16.0. The molecule has 1 heterocycles. The Morgan fingerprint density at radius 2 is 1.90 bits per heavy atom. The molecule has 1 N–H and O–H groups in total. The summed E-state index contributed by atoms with van der Waals surface area (Å²) in [7, 11) is -3.63. The van der Waals surface area contributed by atoms with Crippen LogP contribution in [0, 0.1) is 11.3 Å². The molecule has 5 nitrogen and oxygen atoms in total. The summed E-state index contributed by atoms with van der Waals surface area (Å²) in [4.78, 5) is 2.41. The van der Waals surface area contributed by atoms with Crippen LogP contribution in [-0.2, 0) is 10.0 Å². The van der Waals surface area contributed by atoms with E-state index in [1.54, 1.807) is 12.1 Å². The van der Waals surface area contributed by atoms with Gasteiger partial charge in [0.25, 0.3) is 0 Å². The summed E-state index contributed by atoms with van der Waals surface area (Å²) in [5.74, 6) is 0. The summed E-state index contributed by atoms with van der Waals surface area (Å²) in [6.07, 6.45) is 1.60. The topological polar surface area (TPSA) is 73.2 Å². The second-order valence-corrected chi connectivity index (χ2v) is 7.32. The van der Waals surface area contributed by atoms with Gasteiger partial charge in [0.1, 0.15) is 6.07 Å². The van der Waals surface area contributed by atoms with Crippen molar-refractivity contribution in [2.45, 2.75) is 43.7 Å². The molecular weight excluding hydrogens is 286 g/mol. The van der Waals surface area contributed by atoms with Gasteiger partial charge >= 0.3 is 0 Å². The van der Waals surface area contributed by atoms with Crippen molar-refractivity contribution < 1.29 is 8.42 Å². The highest BCUT2D eigenvalue weighted by Gasteiger charge is 2.26. The van der Waals surface area contributed by atoms with E-state index in [0.29, 0.717) is 6.04 Å². The van der Waals surface area contributed by atoms with Crippen molar-refractivity contribution in [3.63, 3.8) is 0 Å². The highest BCUT2D eigenvalue weighted by atomic mass is 32.2. The van der Waals surface area contributed by atoms with Crippen LogP contribution in [0.3, 0.4) is 0 Å². The highest BCUT2D eigenvalue weighted by Crippen LogP contribution is 2.18. The third kappa shape index (κ3) is 3.82. The molecule has 1 aromatic carbocycles. The minimum absolute atomic E-state index is 0.0586. The zero-order valence-electron chi connectivity index (χ0n) is 12.4. The van der Waals surface area contributed by atoms with Crippen LogP contribution >= 0.6 is 0 Å². The van der Waals surface area contributed by atoms with Crippen molar-refractivity contribution >= 4 is 10.0 Å². The molecule has 0 spiro atoms. The maximum absolute atomic E-state index is 12.4. The fourth-order valence-electron chi connectivity index (χ4n) is 2.61. The molecule has 2 rings (SSSR count). The fraction of sp³-hybridized carbons (Fsp3) is 0.533. The number of hydrogen-bond acceptors (Lipinski definition) is 4. The molecule has 6 heteroatoms. The molecule has 1 aromatic rings. The Morgan fingerprint density at radius 1 is 1.29 bits per heavy atom. The van der Waals surface area contributed by atoms with Gasteiger partial charge in [-0.25, -0.2) is 13.1 Å². The summed E-state index contributed by atoms with van der Waals surface area (Å²) in [5, 5.41) is 9.03. The second-order valence-electron chi connectivity index (χ2n) is 5.63. The minimum Gasteiger partial charge on any atom is -0.301 e. The monoisotopic (exact) mass is 307 g/mol. The molecule has 1 aliphatic heterocycles. The molecule has 1 saturated heterocycles. The molecule has 0 radical (unpaired) electrons. The molecular formula is C15H21N3O2S. The first-order valence-electron chi connectivity index (χ1n) is 7.19.